The van der Waals surface area contributed by atoms with Crippen LogP contribution in [0.25, 0.3) is 0 Å². The summed E-state index contributed by atoms with van der Waals surface area (Å²) in [5.41, 5.74) is 5.48. The van der Waals surface area contributed by atoms with E-state index in [0.717, 1.165) is 19.4 Å². The maximum atomic E-state index is 5.49. The molecule has 12 heavy (non-hydrogen) atoms. The Bertz CT molecular complexity index is 167. The monoisotopic (exact) mass is 170 g/mol. The van der Waals surface area contributed by atoms with Crippen LogP contribution in [0.3, 0.4) is 0 Å². The molecule has 1 fully saturated rings. The van der Waals surface area contributed by atoms with Crippen molar-refractivity contribution in [2.24, 2.45) is 10.7 Å². The smallest absolute Gasteiger partial charge is 0.0906 e. The molecule has 2 N–H and O–H groups in total. The van der Waals surface area contributed by atoms with Gasteiger partial charge in [-0.05, 0) is 19.8 Å². The summed E-state index contributed by atoms with van der Waals surface area (Å²) in [6, 6.07) is 0. The molecule has 0 amide bonds. The lowest BCUT2D eigenvalue weighted by Gasteiger charge is -2.25. The number of amidine groups is 1. The lowest BCUT2D eigenvalue weighted by molar-refractivity contribution is 0.00428. The van der Waals surface area contributed by atoms with Crippen molar-refractivity contribution in [1.29, 1.82) is 0 Å². The summed E-state index contributed by atoms with van der Waals surface area (Å²) in [5, 5.41) is 0. The Morgan fingerprint density at radius 2 is 2.08 bits per heavy atom. The van der Waals surface area contributed by atoms with E-state index in [0.29, 0.717) is 5.84 Å². The minimum atomic E-state index is 0.000625. The van der Waals surface area contributed by atoms with Crippen LogP contribution in [0.4, 0.5) is 0 Å². The van der Waals surface area contributed by atoms with E-state index in [4.69, 9.17) is 10.5 Å². The molecule has 0 bridgehead atoms. The summed E-state index contributed by atoms with van der Waals surface area (Å²) in [5.74, 6) is 0.651. The lowest BCUT2D eigenvalue weighted by atomic mass is 10.0. The van der Waals surface area contributed by atoms with Gasteiger partial charge in [-0.3, -0.25) is 4.99 Å². The van der Waals surface area contributed by atoms with Crippen molar-refractivity contribution in [2.45, 2.75) is 38.2 Å². The van der Waals surface area contributed by atoms with Crippen LogP contribution >= 0.6 is 0 Å². The van der Waals surface area contributed by atoms with Gasteiger partial charge in [0.2, 0.25) is 0 Å². The Balaban J connectivity index is 2.50. The van der Waals surface area contributed by atoms with Gasteiger partial charge < -0.3 is 10.5 Å². The van der Waals surface area contributed by atoms with Crippen LogP contribution in [0.15, 0.2) is 4.99 Å². The molecule has 0 atom stereocenters. The third kappa shape index (κ3) is 2.21. The van der Waals surface area contributed by atoms with E-state index in [1.54, 1.807) is 7.11 Å². The van der Waals surface area contributed by atoms with E-state index < -0.39 is 0 Å². The molecule has 0 radical (unpaired) electrons. The fourth-order valence-electron chi connectivity index (χ4n) is 1.71. The molecule has 0 aromatic carbocycles. The van der Waals surface area contributed by atoms with E-state index in [2.05, 4.69) is 4.99 Å². The van der Waals surface area contributed by atoms with Gasteiger partial charge in [0, 0.05) is 7.11 Å². The van der Waals surface area contributed by atoms with Gasteiger partial charge in [0.1, 0.15) is 0 Å². The Morgan fingerprint density at radius 1 is 1.50 bits per heavy atom. The molecule has 0 heterocycles. The summed E-state index contributed by atoms with van der Waals surface area (Å²) >= 11 is 0. The highest BCUT2D eigenvalue weighted by Crippen LogP contribution is 2.32. The van der Waals surface area contributed by atoms with Crippen LogP contribution in [-0.4, -0.2) is 25.1 Å². The number of nitrogens with two attached hydrogens (primary N) is 1. The van der Waals surface area contributed by atoms with Crippen molar-refractivity contribution < 1.29 is 4.74 Å². The molecule has 0 saturated heterocycles. The molecule has 1 aliphatic rings. The average Bonchev–Trinajstić information content (AvgIpc) is 2.50. The van der Waals surface area contributed by atoms with Gasteiger partial charge in [0.15, 0.2) is 0 Å². The minimum absolute atomic E-state index is 0.000625. The van der Waals surface area contributed by atoms with Crippen LogP contribution in [0.1, 0.15) is 32.6 Å². The summed E-state index contributed by atoms with van der Waals surface area (Å²) in [7, 11) is 1.77. The van der Waals surface area contributed by atoms with Gasteiger partial charge in [-0.2, -0.15) is 0 Å². The first-order chi connectivity index (χ1) is 5.68. The third-order valence-corrected chi connectivity index (χ3v) is 2.56. The Kier molecular flexibility index (Phi) is 3.09. The Hall–Kier alpha value is -0.570. The second-order valence-corrected chi connectivity index (χ2v) is 3.55. The zero-order valence-electron chi connectivity index (χ0n) is 7.97. The molecule has 1 aliphatic carbocycles. The second kappa shape index (κ2) is 3.90. The van der Waals surface area contributed by atoms with Gasteiger partial charge in [-0.1, -0.05) is 12.8 Å². The van der Waals surface area contributed by atoms with Crippen molar-refractivity contribution in [3.63, 3.8) is 0 Å². The maximum absolute atomic E-state index is 5.49. The molecule has 70 valence electrons. The first-order valence-corrected chi connectivity index (χ1v) is 4.50. The largest absolute Gasteiger partial charge is 0.388 e. The second-order valence-electron chi connectivity index (χ2n) is 3.55. The van der Waals surface area contributed by atoms with Crippen molar-refractivity contribution >= 4 is 5.84 Å². The average molecular weight is 170 g/mol. The lowest BCUT2D eigenvalue weighted by Crippen LogP contribution is -2.32. The normalized spacial score (nSPS) is 23.0. The van der Waals surface area contributed by atoms with Crippen LogP contribution in [-0.2, 0) is 4.74 Å². The number of hydrogen-bond donors (Lipinski definition) is 1. The number of aliphatic imine (C=N–C) groups is 1. The van der Waals surface area contributed by atoms with Crippen LogP contribution < -0.4 is 5.73 Å². The summed E-state index contributed by atoms with van der Waals surface area (Å²) in [4.78, 5) is 4.22. The van der Waals surface area contributed by atoms with Crippen LogP contribution in [0, 0.1) is 0 Å². The first-order valence-electron chi connectivity index (χ1n) is 4.50. The molecule has 0 aromatic rings. The van der Waals surface area contributed by atoms with E-state index in [1.807, 2.05) is 6.92 Å². The van der Waals surface area contributed by atoms with E-state index in [1.165, 1.54) is 12.8 Å². The summed E-state index contributed by atoms with van der Waals surface area (Å²) in [6.07, 6.45) is 4.76. The number of methoxy groups -OCH3 is 1. The zero-order chi connectivity index (χ0) is 9.03. The molecule has 3 heteroatoms. The SMILES string of the molecule is COC1(CN=C(C)N)CCCC1. The van der Waals surface area contributed by atoms with Gasteiger partial charge in [0.25, 0.3) is 0 Å². The van der Waals surface area contributed by atoms with Crippen LogP contribution in [0.5, 0.6) is 0 Å². The Morgan fingerprint density at radius 3 is 2.50 bits per heavy atom. The van der Waals surface area contributed by atoms with Gasteiger partial charge in [-0.25, -0.2) is 0 Å². The highest BCUT2D eigenvalue weighted by Gasteiger charge is 2.33. The maximum Gasteiger partial charge on any atom is 0.0906 e. The van der Waals surface area contributed by atoms with Crippen molar-refractivity contribution in [2.75, 3.05) is 13.7 Å². The molecule has 0 spiro atoms. The molecule has 0 unspecified atom stereocenters. The molecular weight excluding hydrogens is 152 g/mol. The van der Waals surface area contributed by atoms with Gasteiger partial charge in [0.05, 0.1) is 18.0 Å². The molecule has 1 rings (SSSR count). The van der Waals surface area contributed by atoms with Gasteiger partial charge >= 0.3 is 0 Å². The number of ether oxygens (including phenoxy) is 1. The van der Waals surface area contributed by atoms with Crippen LogP contribution in [0.2, 0.25) is 0 Å². The fourth-order valence-corrected chi connectivity index (χ4v) is 1.71. The highest BCUT2D eigenvalue weighted by atomic mass is 16.5. The summed E-state index contributed by atoms with van der Waals surface area (Å²) < 4.78 is 5.49. The van der Waals surface area contributed by atoms with Crippen molar-refractivity contribution in [1.82, 2.24) is 0 Å². The summed E-state index contributed by atoms with van der Waals surface area (Å²) in [6.45, 7) is 2.55. The highest BCUT2D eigenvalue weighted by molar-refractivity contribution is 5.77. The van der Waals surface area contributed by atoms with Gasteiger partial charge in [-0.15, -0.1) is 0 Å². The molecule has 3 nitrogen and oxygen atoms in total. The van der Waals surface area contributed by atoms with E-state index in [-0.39, 0.29) is 5.60 Å². The topological polar surface area (TPSA) is 47.6 Å². The fraction of sp³-hybridized carbons (Fsp3) is 0.889. The third-order valence-electron chi connectivity index (χ3n) is 2.56. The standard InChI is InChI=1S/C9H18N2O/c1-8(10)11-7-9(12-2)5-3-4-6-9/h3-7H2,1-2H3,(H2,10,11). The number of nitrogens with zero attached hydrogens (tertiary/aromatic N) is 1. The van der Waals surface area contributed by atoms with Crippen molar-refractivity contribution in [3.05, 3.63) is 0 Å². The molecule has 0 aromatic heterocycles. The quantitative estimate of drug-likeness (QED) is 0.513. The molecule has 0 aliphatic heterocycles. The zero-order valence-corrected chi connectivity index (χ0v) is 7.97. The molecule has 1 saturated carbocycles. The minimum Gasteiger partial charge on any atom is -0.388 e. The van der Waals surface area contributed by atoms with E-state index >= 15 is 0 Å². The Labute approximate surface area is 74.0 Å². The molecular formula is C9H18N2O. The number of rotatable bonds is 3. The predicted molar refractivity (Wildman–Crippen MR) is 50.4 cm³/mol. The van der Waals surface area contributed by atoms with Crippen molar-refractivity contribution in [3.8, 4) is 0 Å². The predicted octanol–water partition coefficient (Wildman–Crippen LogP) is 1.32. The van der Waals surface area contributed by atoms with E-state index in [9.17, 15) is 0 Å². The first kappa shape index (κ1) is 9.52. The number of hydrogen-bond acceptors (Lipinski definition) is 2.